The lowest BCUT2D eigenvalue weighted by Crippen LogP contribution is -2.45. The Bertz CT molecular complexity index is 890. The molecule has 1 saturated heterocycles. The number of rotatable bonds is 7. The lowest BCUT2D eigenvalue weighted by Gasteiger charge is -2.22. The second-order valence-electron chi connectivity index (χ2n) is 6.95. The number of anilines is 1. The number of hydrogen-bond acceptors (Lipinski definition) is 7. The SMILES string of the molecule is COC(=O)c1c(NC(=O)CN2CCCC2C(=O)NCc2ccco2)sc(C)c1C. The number of likely N-dealkylation sites (tertiary alicyclic amines) is 1. The molecule has 0 spiro atoms. The van der Waals surface area contributed by atoms with Crippen LogP contribution in [0.15, 0.2) is 22.8 Å². The Morgan fingerprint density at radius 3 is 2.83 bits per heavy atom. The van der Waals surface area contributed by atoms with Crippen molar-refractivity contribution in [1.29, 1.82) is 0 Å². The van der Waals surface area contributed by atoms with Gasteiger partial charge >= 0.3 is 5.97 Å². The summed E-state index contributed by atoms with van der Waals surface area (Å²) >= 11 is 1.34. The van der Waals surface area contributed by atoms with Gasteiger partial charge in [0, 0.05) is 4.88 Å². The first-order valence-electron chi connectivity index (χ1n) is 9.43. The van der Waals surface area contributed by atoms with Gasteiger partial charge in [0.25, 0.3) is 0 Å². The molecule has 2 aromatic heterocycles. The highest BCUT2D eigenvalue weighted by Gasteiger charge is 2.32. The van der Waals surface area contributed by atoms with Gasteiger partial charge in [-0.3, -0.25) is 14.5 Å². The molecule has 29 heavy (non-hydrogen) atoms. The maximum Gasteiger partial charge on any atom is 0.341 e. The molecule has 1 aliphatic heterocycles. The molecular formula is C20H25N3O5S. The highest BCUT2D eigenvalue weighted by atomic mass is 32.1. The van der Waals surface area contributed by atoms with Gasteiger partial charge in [-0.05, 0) is 50.9 Å². The van der Waals surface area contributed by atoms with Gasteiger partial charge in [-0.25, -0.2) is 4.79 Å². The van der Waals surface area contributed by atoms with Crippen molar-refractivity contribution in [3.8, 4) is 0 Å². The summed E-state index contributed by atoms with van der Waals surface area (Å²) in [5, 5.41) is 6.16. The molecule has 156 valence electrons. The van der Waals surface area contributed by atoms with Crippen LogP contribution in [-0.4, -0.2) is 48.9 Å². The summed E-state index contributed by atoms with van der Waals surface area (Å²) in [5.74, 6) is -0.176. The third kappa shape index (κ3) is 4.86. The molecule has 2 aromatic rings. The minimum Gasteiger partial charge on any atom is -0.467 e. The number of nitrogens with zero attached hydrogens (tertiary/aromatic N) is 1. The quantitative estimate of drug-likeness (QED) is 0.669. The number of hydrogen-bond donors (Lipinski definition) is 2. The molecule has 3 rings (SSSR count). The number of carbonyl (C=O) groups is 3. The van der Waals surface area contributed by atoms with Crippen LogP contribution in [0, 0.1) is 13.8 Å². The van der Waals surface area contributed by atoms with Crippen molar-refractivity contribution in [3.63, 3.8) is 0 Å². The first-order valence-corrected chi connectivity index (χ1v) is 10.2. The fourth-order valence-corrected chi connectivity index (χ4v) is 4.50. The van der Waals surface area contributed by atoms with Crippen LogP contribution in [0.3, 0.4) is 0 Å². The zero-order valence-corrected chi connectivity index (χ0v) is 17.6. The molecule has 2 amide bonds. The predicted molar refractivity (Wildman–Crippen MR) is 109 cm³/mol. The Labute approximate surface area is 173 Å². The normalized spacial score (nSPS) is 16.6. The van der Waals surface area contributed by atoms with Crippen LogP contribution in [0.4, 0.5) is 5.00 Å². The average Bonchev–Trinajstić information content (AvgIpc) is 3.42. The van der Waals surface area contributed by atoms with Crippen molar-refractivity contribution in [2.75, 3.05) is 25.5 Å². The van der Waals surface area contributed by atoms with Gasteiger partial charge in [0.2, 0.25) is 11.8 Å². The molecular weight excluding hydrogens is 394 g/mol. The number of carbonyl (C=O) groups excluding carboxylic acids is 3. The standard InChI is InChI=1S/C20H25N3O5S/c1-12-13(2)29-19(17(12)20(26)27-3)22-16(24)11-23-8-4-7-15(23)18(25)21-10-14-6-5-9-28-14/h5-6,9,15H,4,7-8,10-11H2,1-3H3,(H,21,25)(H,22,24). The van der Waals surface area contributed by atoms with E-state index in [4.69, 9.17) is 9.15 Å². The summed E-state index contributed by atoms with van der Waals surface area (Å²) in [4.78, 5) is 40.0. The van der Waals surface area contributed by atoms with Crippen molar-refractivity contribution in [3.05, 3.63) is 40.2 Å². The second-order valence-corrected chi connectivity index (χ2v) is 8.18. The van der Waals surface area contributed by atoms with Gasteiger partial charge in [-0.15, -0.1) is 11.3 Å². The van der Waals surface area contributed by atoms with E-state index < -0.39 is 5.97 Å². The van der Waals surface area contributed by atoms with Crippen LogP contribution < -0.4 is 10.6 Å². The molecule has 2 N–H and O–H groups in total. The molecule has 8 nitrogen and oxygen atoms in total. The summed E-state index contributed by atoms with van der Waals surface area (Å²) in [5.41, 5.74) is 1.19. The molecule has 1 atom stereocenters. The monoisotopic (exact) mass is 419 g/mol. The minimum atomic E-state index is -0.474. The predicted octanol–water partition coefficient (Wildman–Crippen LogP) is 2.46. The third-order valence-electron chi connectivity index (χ3n) is 5.06. The van der Waals surface area contributed by atoms with Crippen molar-refractivity contribution >= 4 is 34.1 Å². The van der Waals surface area contributed by atoms with E-state index in [1.165, 1.54) is 18.4 Å². The fourth-order valence-electron chi connectivity index (χ4n) is 3.43. The van der Waals surface area contributed by atoms with Crippen LogP contribution in [0.1, 0.15) is 39.4 Å². The van der Waals surface area contributed by atoms with Crippen molar-refractivity contribution in [1.82, 2.24) is 10.2 Å². The number of esters is 1. The van der Waals surface area contributed by atoms with Crippen LogP contribution >= 0.6 is 11.3 Å². The molecule has 0 radical (unpaired) electrons. The van der Waals surface area contributed by atoms with E-state index in [0.29, 0.717) is 35.8 Å². The summed E-state index contributed by atoms with van der Waals surface area (Å²) in [7, 11) is 1.32. The van der Waals surface area contributed by atoms with Crippen molar-refractivity contribution in [2.45, 2.75) is 39.3 Å². The average molecular weight is 420 g/mol. The zero-order chi connectivity index (χ0) is 21.0. The summed E-state index contributed by atoms with van der Waals surface area (Å²) < 4.78 is 10.1. The van der Waals surface area contributed by atoms with Crippen LogP contribution in [-0.2, 0) is 20.9 Å². The highest BCUT2D eigenvalue weighted by Crippen LogP contribution is 2.33. The third-order valence-corrected chi connectivity index (χ3v) is 6.18. The van der Waals surface area contributed by atoms with E-state index in [2.05, 4.69) is 10.6 Å². The molecule has 0 saturated carbocycles. The van der Waals surface area contributed by atoms with Gasteiger partial charge in [0.05, 0.1) is 38.1 Å². The second kappa shape index (κ2) is 9.23. The minimum absolute atomic E-state index is 0.0788. The number of aryl methyl sites for hydroxylation is 1. The van der Waals surface area contributed by atoms with E-state index in [9.17, 15) is 14.4 Å². The Hall–Kier alpha value is -2.65. The van der Waals surface area contributed by atoms with Gasteiger partial charge in [-0.1, -0.05) is 0 Å². The van der Waals surface area contributed by atoms with Gasteiger partial charge in [0.1, 0.15) is 10.8 Å². The van der Waals surface area contributed by atoms with Gasteiger partial charge < -0.3 is 19.8 Å². The summed E-state index contributed by atoms with van der Waals surface area (Å²) in [6, 6.07) is 3.21. The Balaban J connectivity index is 1.60. The lowest BCUT2D eigenvalue weighted by atomic mass is 10.1. The number of thiophene rings is 1. The Kier molecular flexibility index (Phi) is 6.71. The van der Waals surface area contributed by atoms with E-state index in [1.54, 1.807) is 18.4 Å². The number of nitrogens with one attached hydrogen (secondary N) is 2. The molecule has 1 fully saturated rings. The molecule has 0 aromatic carbocycles. The first kappa shape index (κ1) is 21.1. The maximum atomic E-state index is 12.6. The van der Waals surface area contributed by atoms with Crippen LogP contribution in [0.5, 0.6) is 0 Å². The number of methoxy groups -OCH3 is 1. The molecule has 0 aliphatic carbocycles. The zero-order valence-electron chi connectivity index (χ0n) is 16.7. The molecule has 3 heterocycles. The van der Waals surface area contributed by atoms with Crippen LogP contribution in [0.25, 0.3) is 0 Å². The summed E-state index contributed by atoms with van der Waals surface area (Å²) in [6.45, 7) is 4.78. The van der Waals surface area contributed by atoms with Crippen LogP contribution in [0.2, 0.25) is 0 Å². The smallest absolute Gasteiger partial charge is 0.341 e. The number of furan rings is 1. The Morgan fingerprint density at radius 2 is 2.14 bits per heavy atom. The van der Waals surface area contributed by atoms with Gasteiger partial charge in [0.15, 0.2) is 0 Å². The molecule has 1 unspecified atom stereocenters. The van der Waals surface area contributed by atoms with E-state index in [1.807, 2.05) is 18.7 Å². The molecule has 0 bridgehead atoms. The van der Waals surface area contributed by atoms with E-state index in [0.717, 1.165) is 16.9 Å². The largest absolute Gasteiger partial charge is 0.467 e. The lowest BCUT2D eigenvalue weighted by molar-refractivity contribution is -0.126. The highest BCUT2D eigenvalue weighted by molar-refractivity contribution is 7.16. The van der Waals surface area contributed by atoms with Crippen molar-refractivity contribution in [2.24, 2.45) is 0 Å². The Morgan fingerprint density at radius 1 is 1.34 bits per heavy atom. The van der Waals surface area contributed by atoms with Crippen molar-refractivity contribution < 1.29 is 23.5 Å². The summed E-state index contributed by atoms with van der Waals surface area (Å²) in [6.07, 6.45) is 3.10. The fraction of sp³-hybridized carbons (Fsp3) is 0.450. The molecule has 1 aliphatic rings. The van der Waals surface area contributed by atoms with E-state index in [-0.39, 0.29) is 24.4 Å². The molecule has 9 heteroatoms. The topological polar surface area (TPSA) is 101 Å². The van der Waals surface area contributed by atoms with E-state index >= 15 is 0 Å². The number of ether oxygens (including phenoxy) is 1. The maximum absolute atomic E-state index is 12.6. The first-order chi connectivity index (χ1) is 13.9. The number of amides is 2. The van der Waals surface area contributed by atoms with Gasteiger partial charge in [-0.2, -0.15) is 0 Å².